The van der Waals surface area contributed by atoms with Crippen molar-refractivity contribution in [1.29, 1.82) is 0 Å². The molecule has 0 radical (unpaired) electrons. The molecular formula is C13H13BrO3. The highest BCUT2D eigenvalue weighted by atomic mass is 79.9. The summed E-state index contributed by atoms with van der Waals surface area (Å²) < 4.78 is 11.2. The third-order valence-electron chi connectivity index (χ3n) is 2.54. The van der Waals surface area contributed by atoms with Gasteiger partial charge in [-0.05, 0) is 33.1 Å². The zero-order valence-electron chi connectivity index (χ0n) is 9.39. The molecular weight excluding hydrogens is 284 g/mol. The molecule has 0 bridgehead atoms. The number of aliphatic hydroxyl groups excluding tert-OH is 1. The van der Waals surface area contributed by atoms with Gasteiger partial charge in [-0.3, -0.25) is 0 Å². The van der Waals surface area contributed by atoms with E-state index in [-0.39, 0.29) is 0 Å². The monoisotopic (exact) mass is 296 g/mol. The molecule has 4 heteroatoms. The fourth-order valence-corrected chi connectivity index (χ4v) is 2.15. The second-order valence-electron chi connectivity index (χ2n) is 3.67. The molecule has 1 N–H and O–H groups in total. The third kappa shape index (κ3) is 2.60. The first-order valence-electron chi connectivity index (χ1n) is 5.21. The number of hydrogen-bond acceptors (Lipinski definition) is 3. The summed E-state index contributed by atoms with van der Waals surface area (Å²) in [6, 6.07) is 9.36. The van der Waals surface area contributed by atoms with Crippen molar-refractivity contribution in [3.63, 3.8) is 0 Å². The van der Waals surface area contributed by atoms with E-state index in [4.69, 9.17) is 9.15 Å². The van der Waals surface area contributed by atoms with Crippen LogP contribution >= 0.6 is 15.9 Å². The van der Waals surface area contributed by atoms with Crippen molar-refractivity contribution >= 4 is 15.9 Å². The highest BCUT2D eigenvalue weighted by Crippen LogP contribution is 2.31. The number of aliphatic hydroxyl groups is 1. The summed E-state index contributed by atoms with van der Waals surface area (Å²) in [5, 5.41) is 10.3. The fourth-order valence-electron chi connectivity index (χ4n) is 1.73. The minimum Gasteiger partial charge on any atom is -0.465 e. The normalized spacial score (nSPS) is 12.6. The Bertz CT molecular complexity index is 493. The van der Waals surface area contributed by atoms with Gasteiger partial charge in [-0.2, -0.15) is 0 Å². The Morgan fingerprint density at radius 3 is 2.76 bits per heavy atom. The summed E-state index contributed by atoms with van der Waals surface area (Å²) in [5.41, 5.74) is 1.75. The fraction of sp³-hybridized carbons (Fsp3) is 0.231. The Morgan fingerprint density at radius 1 is 1.35 bits per heavy atom. The van der Waals surface area contributed by atoms with E-state index in [0.717, 1.165) is 15.6 Å². The lowest BCUT2D eigenvalue weighted by molar-refractivity contribution is 0.167. The number of ether oxygens (including phenoxy) is 1. The van der Waals surface area contributed by atoms with Crippen molar-refractivity contribution in [3.05, 3.63) is 58.0 Å². The van der Waals surface area contributed by atoms with Crippen molar-refractivity contribution in [2.45, 2.75) is 12.7 Å². The molecule has 0 saturated carbocycles. The minimum atomic E-state index is -0.786. The molecule has 90 valence electrons. The van der Waals surface area contributed by atoms with Crippen LogP contribution in [0.15, 0.2) is 45.5 Å². The van der Waals surface area contributed by atoms with E-state index in [2.05, 4.69) is 15.9 Å². The maximum absolute atomic E-state index is 10.3. The first-order chi connectivity index (χ1) is 8.24. The molecule has 1 heterocycles. The van der Waals surface area contributed by atoms with Crippen LogP contribution in [0.4, 0.5) is 0 Å². The quantitative estimate of drug-likeness (QED) is 0.941. The van der Waals surface area contributed by atoms with Crippen LogP contribution in [-0.2, 0) is 11.3 Å². The van der Waals surface area contributed by atoms with Crippen LogP contribution in [0.2, 0.25) is 0 Å². The predicted octanol–water partition coefficient (Wildman–Crippen LogP) is 3.27. The molecule has 2 aromatic rings. The summed E-state index contributed by atoms with van der Waals surface area (Å²) in [7, 11) is 1.63. The van der Waals surface area contributed by atoms with E-state index in [1.165, 1.54) is 0 Å². The molecule has 2 rings (SSSR count). The van der Waals surface area contributed by atoms with Gasteiger partial charge in [-0.25, -0.2) is 0 Å². The van der Waals surface area contributed by atoms with Crippen molar-refractivity contribution in [3.8, 4) is 0 Å². The number of methoxy groups -OCH3 is 1. The second-order valence-corrected chi connectivity index (χ2v) is 4.52. The van der Waals surface area contributed by atoms with Gasteiger partial charge >= 0.3 is 0 Å². The second kappa shape index (κ2) is 5.49. The summed E-state index contributed by atoms with van der Waals surface area (Å²) in [6.45, 7) is 0.464. The van der Waals surface area contributed by atoms with Gasteiger partial charge in [0.25, 0.3) is 0 Å². The van der Waals surface area contributed by atoms with E-state index in [0.29, 0.717) is 12.4 Å². The average Bonchev–Trinajstić information content (AvgIpc) is 2.76. The minimum absolute atomic E-state index is 0.464. The van der Waals surface area contributed by atoms with Crippen LogP contribution < -0.4 is 0 Å². The Labute approximate surface area is 108 Å². The van der Waals surface area contributed by atoms with E-state index < -0.39 is 6.10 Å². The smallest absolute Gasteiger partial charge is 0.150 e. The van der Waals surface area contributed by atoms with E-state index in [1.807, 2.05) is 24.3 Å². The first kappa shape index (κ1) is 12.4. The lowest BCUT2D eigenvalue weighted by Gasteiger charge is -2.13. The largest absolute Gasteiger partial charge is 0.465 e. The zero-order chi connectivity index (χ0) is 12.3. The Kier molecular flexibility index (Phi) is 3.99. The van der Waals surface area contributed by atoms with Gasteiger partial charge in [0.15, 0.2) is 5.76 Å². The molecule has 0 spiro atoms. The van der Waals surface area contributed by atoms with Crippen molar-refractivity contribution in [1.82, 2.24) is 0 Å². The van der Waals surface area contributed by atoms with Crippen LogP contribution in [-0.4, -0.2) is 12.2 Å². The van der Waals surface area contributed by atoms with Gasteiger partial charge in [-0.1, -0.05) is 24.3 Å². The van der Waals surface area contributed by atoms with E-state index >= 15 is 0 Å². The third-order valence-corrected chi connectivity index (χ3v) is 3.20. The standard InChI is InChI=1S/C13H13BrO3/c1-16-8-9-4-2-3-5-10(9)12(15)13-11(14)6-7-17-13/h2-7,12,15H,8H2,1H3. The van der Waals surface area contributed by atoms with Crippen molar-refractivity contribution in [2.24, 2.45) is 0 Å². The Morgan fingerprint density at radius 2 is 2.12 bits per heavy atom. The molecule has 0 aliphatic carbocycles. The van der Waals surface area contributed by atoms with Gasteiger partial charge < -0.3 is 14.3 Å². The maximum Gasteiger partial charge on any atom is 0.150 e. The summed E-state index contributed by atoms with van der Waals surface area (Å²) >= 11 is 3.34. The number of hydrogen-bond donors (Lipinski definition) is 1. The van der Waals surface area contributed by atoms with Crippen molar-refractivity contribution < 1.29 is 14.3 Å². The summed E-state index contributed by atoms with van der Waals surface area (Å²) in [5.74, 6) is 0.508. The topological polar surface area (TPSA) is 42.6 Å². The highest BCUT2D eigenvalue weighted by Gasteiger charge is 2.19. The molecule has 0 amide bonds. The molecule has 1 aromatic carbocycles. The number of halogens is 1. The molecule has 3 nitrogen and oxygen atoms in total. The summed E-state index contributed by atoms with van der Waals surface area (Å²) in [4.78, 5) is 0. The van der Waals surface area contributed by atoms with Gasteiger partial charge in [-0.15, -0.1) is 0 Å². The van der Waals surface area contributed by atoms with Gasteiger partial charge in [0.2, 0.25) is 0 Å². The number of benzene rings is 1. The van der Waals surface area contributed by atoms with Crippen LogP contribution in [0.3, 0.4) is 0 Å². The SMILES string of the molecule is COCc1ccccc1C(O)c1occc1Br. The van der Waals surface area contributed by atoms with Crippen LogP contribution in [0, 0.1) is 0 Å². The Hall–Kier alpha value is -1.10. The molecule has 0 saturated heterocycles. The van der Waals surface area contributed by atoms with Crippen molar-refractivity contribution in [2.75, 3.05) is 7.11 Å². The lowest BCUT2D eigenvalue weighted by Crippen LogP contribution is -2.04. The number of furan rings is 1. The van der Waals surface area contributed by atoms with Crippen LogP contribution in [0.1, 0.15) is 23.0 Å². The molecule has 17 heavy (non-hydrogen) atoms. The van der Waals surface area contributed by atoms with Crippen LogP contribution in [0.5, 0.6) is 0 Å². The lowest BCUT2D eigenvalue weighted by atomic mass is 10.0. The molecule has 1 atom stereocenters. The van der Waals surface area contributed by atoms with E-state index in [9.17, 15) is 5.11 Å². The summed E-state index contributed by atoms with van der Waals surface area (Å²) in [6.07, 6.45) is 0.757. The van der Waals surface area contributed by atoms with Gasteiger partial charge in [0.1, 0.15) is 6.10 Å². The molecule has 0 aliphatic heterocycles. The van der Waals surface area contributed by atoms with E-state index in [1.54, 1.807) is 19.4 Å². The molecule has 1 aromatic heterocycles. The predicted molar refractivity (Wildman–Crippen MR) is 67.6 cm³/mol. The van der Waals surface area contributed by atoms with Crippen LogP contribution in [0.25, 0.3) is 0 Å². The maximum atomic E-state index is 10.3. The van der Waals surface area contributed by atoms with Gasteiger partial charge in [0, 0.05) is 7.11 Å². The first-order valence-corrected chi connectivity index (χ1v) is 6.01. The average molecular weight is 297 g/mol. The number of rotatable bonds is 4. The highest BCUT2D eigenvalue weighted by molar-refractivity contribution is 9.10. The molecule has 0 fully saturated rings. The molecule has 0 aliphatic rings. The Balaban J connectivity index is 2.37. The van der Waals surface area contributed by atoms with Gasteiger partial charge in [0.05, 0.1) is 17.3 Å². The zero-order valence-corrected chi connectivity index (χ0v) is 11.0. The molecule has 1 unspecified atom stereocenters.